The SMILES string of the molecule is CC.NC(=O)c1cn(-c2cc(NC=O)ncc2Cl)cc1-c1ccccc1Cl. The molecule has 2 heterocycles. The second kappa shape index (κ2) is 9.21. The van der Waals surface area contributed by atoms with Crippen LogP contribution in [0.2, 0.25) is 10.0 Å². The Hall–Kier alpha value is -2.83. The normalized spacial score (nSPS) is 9.93. The summed E-state index contributed by atoms with van der Waals surface area (Å²) in [5.74, 6) is -0.270. The molecule has 0 aliphatic rings. The van der Waals surface area contributed by atoms with Crippen LogP contribution in [0, 0.1) is 0 Å². The number of carbonyl (C=O) groups excluding carboxylic acids is 2. The summed E-state index contributed by atoms with van der Waals surface area (Å²) in [5, 5.41) is 3.29. The second-order valence-electron chi connectivity index (χ2n) is 5.12. The number of hydrogen-bond donors (Lipinski definition) is 2. The highest BCUT2D eigenvalue weighted by Crippen LogP contribution is 2.33. The van der Waals surface area contributed by atoms with Crippen LogP contribution in [0.15, 0.2) is 48.9 Å². The molecule has 3 N–H and O–H groups in total. The molecule has 0 radical (unpaired) electrons. The maximum Gasteiger partial charge on any atom is 0.250 e. The van der Waals surface area contributed by atoms with Gasteiger partial charge in [0.05, 0.1) is 22.5 Å². The molecule has 0 fully saturated rings. The van der Waals surface area contributed by atoms with Gasteiger partial charge in [0.15, 0.2) is 0 Å². The number of rotatable bonds is 5. The van der Waals surface area contributed by atoms with Crippen molar-refractivity contribution in [1.29, 1.82) is 0 Å². The van der Waals surface area contributed by atoms with E-state index in [1.807, 2.05) is 19.9 Å². The molecule has 2 amide bonds. The summed E-state index contributed by atoms with van der Waals surface area (Å²) in [6.45, 7) is 4.00. The van der Waals surface area contributed by atoms with Crippen LogP contribution in [0.4, 0.5) is 5.82 Å². The van der Waals surface area contributed by atoms with Crippen LogP contribution in [-0.2, 0) is 4.79 Å². The molecule has 3 rings (SSSR count). The van der Waals surface area contributed by atoms with E-state index in [0.717, 1.165) is 0 Å². The highest BCUT2D eigenvalue weighted by molar-refractivity contribution is 6.33. The molecular weight excluding hydrogens is 387 g/mol. The fourth-order valence-electron chi connectivity index (χ4n) is 2.45. The zero-order chi connectivity index (χ0) is 20.0. The Labute approximate surface area is 166 Å². The van der Waals surface area contributed by atoms with Crippen molar-refractivity contribution in [1.82, 2.24) is 9.55 Å². The maximum atomic E-state index is 11.9. The minimum Gasteiger partial charge on any atom is -0.366 e. The minimum absolute atomic E-state index is 0.297. The van der Waals surface area contributed by atoms with Gasteiger partial charge in [-0.25, -0.2) is 4.98 Å². The summed E-state index contributed by atoms with van der Waals surface area (Å²) in [4.78, 5) is 26.5. The molecule has 0 aliphatic carbocycles. The van der Waals surface area contributed by atoms with E-state index in [2.05, 4.69) is 10.3 Å². The van der Waals surface area contributed by atoms with Gasteiger partial charge in [0.1, 0.15) is 5.82 Å². The molecule has 0 saturated heterocycles. The van der Waals surface area contributed by atoms with Gasteiger partial charge in [-0.1, -0.05) is 55.2 Å². The predicted octanol–water partition coefficient (Wildman–Crippen LogP) is 4.54. The number of carbonyl (C=O) groups is 2. The quantitative estimate of drug-likeness (QED) is 0.611. The number of halogens is 2. The van der Waals surface area contributed by atoms with Crippen molar-refractivity contribution < 1.29 is 9.59 Å². The topological polar surface area (TPSA) is 90.0 Å². The minimum atomic E-state index is -0.593. The number of primary amides is 1. The van der Waals surface area contributed by atoms with Crippen LogP contribution in [-0.4, -0.2) is 21.9 Å². The maximum absolute atomic E-state index is 11.9. The van der Waals surface area contributed by atoms with Crippen molar-refractivity contribution in [3.63, 3.8) is 0 Å². The lowest BCUT2D eigenvalue weighted by Crippen LogP contribution is -2.11. The van der Waals surface area contributed by atoms with Crippen LogP contribution in [0.5, 0.6) is 0 Å². The van der Waals surface area contributed by atoms with E-state index >= 15 is 0 Å². The molecule has 0 bridgehead atoms. The molecular formula is C19H18Cl2N4O2. The van der Waals surface area contributed by atoms with Crippen LogP contribution in [0.25, 0.3) is 16.8 Å². The number of benzene rings is 1. The van der Waals surface area contributed by atoms with E-state index in [1.165, 1.54) is 6.20 Å². The first kappa shape index (κ1) is 20.5. The summed E-state index contributed by atoms with van der Waals surface area (Å²) in [7, 11) is 0. The monoisotopic (exact) mass is 404 g/mol. The Morgan fingerprint density at radius 2 is 1.85 bits per heavy atom. The van der Waals surface area contributed by atoms with Gasteiger partial charge in [0, 0.05) is 34.6 Å². The standard InChI is InChI=1S/C17H12Cl2N4O2.C2H6/c18-13-4-2-1-3-10(13)11-7-23(8-12(11)17(20)25)15-5-16(22-9-24)21-6-14(15)19;1-2/h1-9H,(H2,20,25)(H,21,22,24);1-2H3. The molecule has 140 valence electrons. The zero-order valence-electron chi connectivity index (χ0n) is 14.7. The number of amides is 2. The van der Waals surface area contributed by atoms with Gasteiger partial charge in [0.25, 0.3) is 5.91 Å². The molecule has 0 unspecified atom stereocenters. The van der Waals surface area contributed by atoms with E-state index in [-0.39, 0.29) is 0 Å². The van der Waals surface area contributed by atoms with Gasteiger partial charge in [-0.05, 0) is 6.07 Å². The molecule has 0 spiro atoms. The highest BCUT2D eigenvalue weighted by Gasteiger charge is 2.17. The largest absolute Gasteiger partial charge is 0.366 e. The summed E-state index contributed by atoms with van der Waals surface area (Å²) >= 11 is 12.4. The lowest BCUT2D eigenvalue weighted by atomic mass is 10.0. The first-order chi connectivity index (χ1) is 13.0. The van der Waals surface area contributed by atoms with Gasteiger partial charge >= 0.3 is 0 Å². The number of aromatic nitrogens is 2. The molecule has 2 aromatic heterocycles. The van der Waals surface area contributed by atoms with Crippen molar-refractivity contribution in [3.8, 4) is 16.8 Å². The highest BCUT2D eigenvalue weighted by atomic mass is 35.5. The Morgan fingerprint density at radius 3 is 2.48 bits per heavy atom. The van der Waals surface area contributed by atoms with Crippen molar-refractivity contribution >= 4 is 41.3 Å². The van der Waals surface area contributed by atoms with Crippen LogP contribution < -0.4 is 11.1 Å². The van der Waals surface area contributed by atoms with Crippen LogP contribution in [0.1, 0.15) is 24.2 Å². The number of pyridine rings is 1. The van der Waals surface area contributed by atoms with E-state index in [4.69, 9.17) is 28.9 Å². The van der Waals surface area contributed by atoms with Crippen molar-refractivity contribution in [2.45, 2.75) is 13.8 Å². The third kappa shape index (κ3) is 4.48. The molecule has 3 aromatic rings. The van der Waals surface area contributed by atoms with Gasteiger partial charge in [-0.15, -0.1) is 0 Å². The average Bonchev–Trinajstić information content (AvgIpc) is 3.11. The van der Waals surface area contributed by atoms with E-state index in [0.29, 0.717) is 44.7 Å². The van der Waals surface area contributed by atoms with E-state index in [1.54, 1.807) is 41.2 Å². The second-order valence-corrected chi connectivity index (χ2v) is 5.93. The summed E-state index contributed by atoms with van der Waals surface area (Å²) in [5.41, 5.74) is 7.59. The molecule has 6 nitrogen and oxygen atoms in total. The Bertz CT molecular complexity index is 970. The Kier molecular flexibility index (Phi) is 6.98. The van der Waals surface area contributed by atoms with Gasteiger partial charge < -0.3 is 15.6 Å². The number of anilines is 1. The fourth-order valence-corrected chi connectivity index (χ4v) is 2.89. The van der Waals surface area contributed by atoms with Gasteiger partial charge in [-0.3, -0.25) is 9.59 Å². The van der Waals surface area contributed by atoms with Gasteiger partial charge in [-0.2, -0.15) is 0 Å². The predicted molar refractivity (Wildman–Crippen MR) is 109 cm³/mol. The average molecular weight is 405 g/mol. The molecule has 0 aliphatic heterocycles. The lowest BCUT2D eigenvalue weighted by Gasteiger charge is -2.07. The number of nitrogens with zero attached hydrogens (tertiary/aromatic N) is 2. The molecule has 8 heteroatoms. The smallest absolute Gasteiger partial charge is 0.250 e. The van der Waals surface area contributed by atoms with Crippen molar-refractivity contribution in [3.05, 3.63) is 64.5 Å². The summed E-state index contributed by atoms with van der Waals surface area (Å²) in [6.07, 6.45) is 5.18. The van der Waals surface area contributed by atoms with Crippen molar-refractivity contribution in [2.75, 3.05) is 5.32 Å². The molecule has 0 atom stereocenters. The Morgan fingerprint density at radius 1 is 1.15 bits per heavy atom. The fraction of sp³-hybridized carbons (Fsp3) is 0.105. The molecule has 0 saturated carbocycles. The first-order valence-electron chi connectivity index (χ1n) is 8.14. The first-order valence-corrected chi connectivity index (χ1v) is 8.89. The number of hydrogen-bond acceptors (Lipinski definition) is 3. The lowest BCUT2D eigenvalue weighted by molar-refractivity contribution is -0.105. The Balaban J connectivity index is 0.00000126. The molecule has 1 aromatic carbocycles. The molecule has 27 heavy (non-hydrogen) atoms. The summed E-state index contributed by atoms with van der Waals surface area (Å²) < 4.78 is 1.64. The van der Waals surface area contributed by atoms with Crippen molar-refractivity contribution in [2.24, 2.45) is 5.73 Å². The number of nitrogens with one attached hydrogen (secondary N) is 1. The number of nitrogens with two attached hydrogens (primary N) is 1. The third-order valence-electron chi connectivity index (χ3n) is 3.58. The summed E-state index contributed by atoms with van der Waals surface area (Å²) in [6, 6.07) is 8.71. The zero-order valence-corrected chi connectivity index (χ0v) is 16.3. The van der Waals surface area contributed by atoms with Crippen LogP contribution in [0.3, 0.4) is 0 Å². The van der Waals surface area contributed by atoms with Crippen LogP contribution >= 0.6 is 23.2 Å². The van der Waals surface area contributed by atoms with E-state index < -0.39 is 5.91 Å². The third-order valence-corrected chi connectivity index (χ3v) is 4.20. The van der Waals surface area contributed by atoms with E-state index in [9.17, 15) is 9.59 Å². The van der Waals surface area contributed by atoms with Gasteiger partial charge in [0.2, 0.25) is 6.41 Å².